The molecule has 4 saturated carbocycles. The molecule has 346 valence electrons. The summed E-state index contributed by atoms with van der Waals surface area (Å²) in [4.78, 5) is 23.9. The van der Waals surface area contributed by atoms with Crippen molar-refractivity contribution in [2.75, 3.05) is 13.1 Å². The summed E-state index contributed by atoms with van der Waals surface area (Å²) in [5.74, 6) is 3.50. The number of hydrogen-bond donors (Lipinski definition) is 0. The van der Waals surface area contributed by atoms with E-state index in [1.165, 1.54) is 128 Å². The van der Waals surface area contributed by atoms with Gasteiger partial charge in [0.1, 0.15) is 5.78 Å². The number of likely N-dealkylation sites (tertiary alicyclic amines) is 1. The number of benzene rings is 2. The van der Waals surface area contributed by atoms with Crippen molar-refractivity contribution in [3.8, 4) is 0 Å². The molecule has 7 fully saturated rings. The predicted octanol–water partition coefficient (Wildman–Crippen LogP) is 13.2. The van der Waals surface area contributed by atoms with E-state index in [1.807, 2.05) is 24.8 Å². The van der Waals surface area contributed by atoms with E-state index in [2.05, 4.69) is 108 Å². The monoisotopic (exact) mass is 892 g/mol. The first kappa shape index (κ1) is 41.7. The number of ether oxygens (including phenoxy) is 2. The molecule has 6 aliphatic carbocycles. The Bertz CT molecular complexity index is 2880. The van der Waals surface area contributed by atoms with Gasteiger partial charge in [-0.1, -0.05) is 69.3 Å². The van der Waals surface area contributed by atoms with Gasteiger partial charge in [0.15, 0.2) is 0 Å². The zero-order valence-corrected chi connectivity index (χ0v) is 40.2. The van der Waals surface area contributed by atoms with E-state index < -0.39 is 0 Å². The minimum atomic E-state index is -0.294. The molecule has 4 spiro atoms. The first-order chi connectivity index (χ1) is 32.5. The summed E-state index contributed by atoms with van der Waals surface area (Å²) in [7, 11) is 0. The molecule has 11 aliphatic rings. The third kappa shape index (κ3) is 5.94. The molecule has 12 atom stereocenters. The minimum Gasteiger partial charge on any atom is -0.359 e. The number of Topliss-reactive ketones (excluding diaryl/α,β-unsaturated/α-hetero) is 1. The Kier molecular flexibility index (Phi) is 9.12. The molecule has 7 heterocycles. The van der Waals surface area contributed by atoms with Crippen LogP contribution in [0.1, 0.15) is 153 Å². The van der Waals surface area contributed by atoms with Gasteiger partial charge in [-0.25, -0.2) is 0 Å². The number of rotatable bonds is 3. The van der Waals surface area contributed by atoms with Crippen molar-refractivity contribution in [1.82, 2.24) is 14.9 Å². The highest BCUT2D eigenvalue weighted by Crippen LogP contribution is 2.71. The van der Waals surface area contributed by atoms with Crippen molar-refractivity contribution in [1.29, 1.82) is 0 Å². The van der Waals surface area contributed by atoms with Gasteiger partial charge in [-0.05, 0) is 212 Å². The van der Waals surface area contributed by atoms with Crippen LogP contribution < -0.4 is 0 Å². The van der Waals surface area contributed by atoms with Crippen molar-refractivity contribution in [2.45, 2.75) is 170 Å². The second-order valence-electron chi connectivity index (χ2n) is 24.4. The number of aromatic nitrogens is 2. The Labute approximate surface area is 397 Å². The van der Waals surface area contributed by atoms with Crippen LogP contribution in [0.4, 0.5) is 0 Å². The smallest absolute Gasteiger partial charge is 0.136 e. The van der Waals surface area contributed by atoms with E-state index in [1.54, 1.807) is 11.1 Å². The van der Waals surface area contributed by atoms with Gasteiger partial charge in [0.05, 0.1) is 22.4 Å². The topological polar surface area (TPSA) is 64.6 Å². The number of fused-ring (bicyclic) bond motifs is 4. The SMILES string of the molecule is C[C@@H]1CCN([C@@H]2CCC3=CC4=CC[C@]5(C)[C@@H](c6ccc7ccncc7c6)CC[C@H]5[C@@]45CCC3(C2)O5)C1.C[C@]12CC=C3C=C4CCC(=O)CC45CC[C@]3(O5)[C@@H]1CC[C@@H]2c1ccc2ccncc2c1. The number of carbonyl (C=O) groups is 1. The van der Waals surface area contributed by atoms with Gasteiger partial charge in [-0.2, -0.15) is 0 Å². The van der Waals surface area contributed by atoms with Crippen molar-refractivity contribution in [3.05, 3.63) is 131 Å². The van der Waals surface area contributed by atoms with Gasteiger partial charge in [0.2, 0.25) is 0 Å². The van der Waals surface area contributed by atoms with Gasteiger partial charge in [0.25, 0.3) is 0 Å². The van der Waals surface area contributed by atoms with Crippen molar-refractivity contribution in [2.24, 2.45) is 28.6 Å². The molecule has 2 aromatic heterocycles. The van der Waals surface area contributed by atoms with E-state index in [0.29, 0.717) is 48.3 Å². The number of allylic oxidation sites excluding steroid dienone is 2. The maximum atomic E-state index is 12.4. The standard InChI is InChI=1S/C33H40N2O.C28H29NO2/c1-22-11-16-35(21-22)28-6-5-26-18-27-9-12-31(2)29(24-4-3-23-10-15-34-20-25(23)17-24)7-8-30(31)33(27)14-13-32(26,19-28)36-33;1-26-10-8-22-15-21-4-5-23(30)16-27(21)11-12-28(22,31-27)25(26)7-6-24(26)19-3-2-18-9-13-29-17-20(18)14-19/h3-4,9-10,15,17-18,20,22,28-30H,5-8,11-14,16,19,21H2,1-2H3;2-3,8-9,13-15,17,24-25H,4-7,10-12,16H2,1H3/t22-,28-,29-,30-,31-,32?,33-;24-,25-,26-,27?,28-/m11/s1. The Hall–Kier alpha value is -4.23. The fraction of sp³-hybridized carbons (Fsp3) is 0.557. The molecule has 4 aromatic rings. The normalized spacial score (nSPS) is 42.3. The van der Waals surface area contributed by atoms with Gasteiger partial charge in [0, 0.05) is 61.0 Å². The first-order valence-corrected chi connectivity index (χ1v) is 26.7. The quantitative estimate of drug-likeness (QED) is 0.204. The van der Waals surface area contributed by atoms with E-state index in [4.69, 9.17) is 9.47 Å². The van der Waals surface area contributed by atoms with Crippen LogP contribution in [-0.4, -0.2) is 62.2 Å². The van der Waals surface area contributed by atoms with Crippen LogP contribution in [0.15, 0.2) is 120 Å². The minimum absolute atomic E-state index is 0.0110. The second-order valence-corrected chi connectivity index (χ2v) is 24.4. The molecule has 5 aliphatic heterocycles. The lowest BCUT2D eigenvalue weighted by Gasteiger charge is -2.55. The average Bonchev–Trinajstić information content (AvgIpc) is 4.16. The molecule has 0 N–H and O–H groups in total. The molecular formula is C61H69N3O3. The van der Waals surface area contributed by atoms with Gasteiger partial charge >= 0.3 is 0 Å². The zero-order chi connectivity index (χ0) is 45.0. The molecule has 67 heavy (non-hydrogen) atoms. The summed E-state index contributed by atoms with van der Waals surface area (Å²) in [6.45, 7) is 10.1. The Morgan fingerprint density at radius 2 is 1.21 bits per heavy atom. The highest BCUT2D eigenvalue weighted by Gasteiger charge is 2.68. The lowest BCUT2D eigenvalue weighted by atomic mass is 9.58. The van der Waals surface area contributed by atoms with Crippen LogP contribution >= 0.6 is 0 Å². The van der Waals surface area contributed by atoms with Crippen LogP contribution in [0.2, 0.25) is 0 Å². The molecule has 6 heteroatoms. The van der Waals surface area contributed by atoms with E-state index in [-0.39, 0.29) is 33.2 Å². The molecule has 2 unspecified atom stereocenters. The van der Waals surface area contributed by atoms with Gasteiger partial charge in [-0.15, -0.1) is 0 Å². The number of pyridine rings is 2. The maximum absolute atomic E-state index is 12.4. The van der Waals surface area contributed by atoms with Crippen LogP contribution in [0, 0.1) is 28.6 Å². The molecule has 6 nitrogen and oxygen atoms in total. The van der Waals surface area contributed by atoms with E-state index in [0.717, 1.165) is 31.6 Å². The maximum Gasteiger partial charge on any atom is 0.136 e. The van der Waals surface area contributed by atoms with Crippen LogP contribution in [0.3, 0.4) is 0 Å². The lowest BCUT2D eigenvalue weighted by Crippen LogP contribution is -2.55. The number of hydrogen-bond acceptors (Lipinski definition) is 6. The Morgan fingerprint density at radius 3 is 1.81 bits per heavy atom. The van der Waals surface area contributed by atoms with Gasteiger partial charge in [-0.3, -0.25) is 19.7 Å². The van der Waals surface area contributed by atoms with Crippen molar-refractivity contribution in [3.63, 3.8) is 0 Å². The average molecular weight is 892 g/mol. The summed E-state index contributed by atoms with van der Waals surface area (Å²) < 4.78 is 14.7. The van der Waals surface area contributed by atoms with Gasteiger partial charge < -0.3 is 9.47 Å². The summed E-state index contributed by atoms with van der Waals surface area (Å²) in [5.41, 5.74) is 8.89. The number of nitrogens with zero attached hydrogens (tertiary/aromatic N) is 3. The summed E-state index contributed by atoms with van der Waals surface area (Å²) in [6.07, 6.45) is 37.1. The molecule has 2 aromatic carbocycles. The predicted molar refractivity (Wildman–Crippen MR) is 266 cm³/mol. The zero-order valence-electron chi connectivity index (χ0n) is 40.2. The Morgan fingerprint density at radius 1 is 0.627 bits per heavy atom. The third-order valence-corrected chi connectivity index (χ3v) is 21.3. The van der Waals surface area contributed by atoms with Crippen molar-refractivity contribution >= 4 is 27.3 Å². The lowest BCUT2D eigenvalue weighted by molar-refractivity contribution is -0.146. The van der Waals surface area contributed by atoms with Crippen LogP contribution in [0.25, 0.3) is 21.5 Å². The molecular weight excluding hydrogens is 823 g/mol. The highest BCUT2D eigenvalue weighted by molar-refractivity contribution is 5.84. The summed E-state index contributed by atoms with van der Waals surface area (Å²) in [5, 5.41) is 5.07. The number of carbonyl (C=O) groups excluding carboxylic acids is 1. The molecule has 3 saturated heterocycles. The fourth-order valence-electron chi connectivity index (χ4n) is 18.0. The Balaban J connectivity index is 0.000000129. The second kappa shape index (κ2) is 14.7. The van der Waals surface area contributed by atoms with E-state index in [9.17, 15) is 4.79 Å². The molecule has 0 radical (unpaired) electrons. The van der Waals surface area contributed by atoms with Crippen LogP contribution in [0.5, 0.6) is 0 Å². The number of ketones is 1. The third-order valence-electron chi connectivity index (χ3n) is 21.3. The van der Waals surface area contributed by atoms with Crippen LogP contribution in [-0.2, 0) is 14.3 Å². The highest BCUT2D eigenvalue weighted by atomic mass is 16.5. The molecule has 15 rings (SSSR count). The van der Waals surface area contributed by atoms with E-state index >= 15 is 0 Å². The first-order valence-electron chi connectivity index (χ1n) is 26.7. The molecule has 0 amide bonds. The summed E-state index contributed by atoms with van der Waals surface area (Å²) in [6, 6.07) is 19.0. The fourth-order valence-corrected chi connectivity index (χ4v) is 18.0. The van der Waals surface area contributed by atoms with Crippen molar-refractivity contribution < 1.29 is 14.3 Å². The molecule has 4 bridgehead atoms. The summed E-state index contributed by atoms with van der Waals surface area (Å²) >= 11 is 0. The largest absolute Gasteiger partial charge is 0.359 e.